The van der Waals surface area contributed by atoms with E-state index in [0.29, 0.717) is 40.3 Å². The van der Waals surface area contributed by atoms with Crippen LogP contribution in [0.3, 0.4) is 0 Å². The van der Waals surface area contributed by atoms with Crippen molar-refractivity contribution in [3.05, 3.63) is 88.1 Å². The molecule has 1 aromatic heterocycles. The molecule has 20 nitrogen and oxygen atoms in total. The lowest BCUT2D eigenvalue weighted by molar-refractivity contribution is -0.385. The summed E-state index contributed by atoms with van der Waals surface area (Å²) in [6.07, 6.45) is -0.417. The Labute approximate surface area is 380 Å². The number of aromatic nitrogens is 1. The van der Waals surface area contributed by atoms with Crippen molar-refractivity contribution in [1.82, 2.24) is 14.8 Å². The predicted molar refractivity (Wildman–Crippen MR) is 237 cm³/mol. The van der Waals surface area contributed by atoms with Crippen molar-refractivity contribution in [3.8, 4) is 23.0 Å². The summed E-state index contributed by atoms with van der Waals surface area (Å²) >= 11 is 0. The topological polar surface area (TPSA) is 241 Å². The third kappa shape index (κ3) is 9.64. The Balaban J connectivity index is 0.991. The summed E-state index contributed by atoms with van der Waals surface area (Å²) in [6, 6.07) is 6.83. The molecule has 0 aliphatic carbocycles. The van der Waals surface area contributed by atoms with Gasteiger partial charge in [-0.15, -0.1) is 0 Å². The first kappa shape index (κ1) is 46.5. The van der Waals surface area contributed by atoms with Crippen molar-refractivity contribution < 1.29 is 62.8 Å². The van der Waals surface area contributed by atoms with Gasteiger partial charge in [-0.05, 0) is 67.2 Å². The van der Waals surface area contributed by atoms with Crippen molar-refractivity contribution >= 4 is 68.6 Å². The highest BCUT2D eigenvalue weighted by molar-refractivity contribution is 8.76. The molecule has 0 unspecified atom stereocenters. The number of aliphatic hydroxyl groups is 1. The zero-order valence-electron chi connectivity index (χ0n) is 35.6. The molecule has 22 heteroatoms. The standard InChI is InChI=1S/C43H46N6O14S2/c1-23-13-31-41(53)48(42(54)55)30-17-36(34(60-5)15-28(30)40(52)45(31)19-23)62-12-8-6-7-11-61-35-16-29-27(14-33(35)59-4)39(51)46-20-24(2)38(50)32(46)21-47(29)43(56)63-22-25(3)64-65-37-10-9-26(18-44-37)49(57)58/h9-10,14-18,25,31-32,38,50H,1-2,6-8,11-13,19-22H2,3-5H3,(H,54,55)/t25-,31+,32+,38-/m1/s1. The van der Waals surface area contributed by atoms with E-state index in [2.05, 4.69) is 18.1 Å². The molecule has 344 valence electrons. The van der Waals surface area contributed by atoms with Gasteiger partial charge in [-0.3, -0.25) is 29.4 Å². The molecule has 0 spiro atoms. The number of ether oxygens (including phenoxy) is 5. The molecule has 65 heavy (non-hydrogen) atoms. The third-order valence-corrected chi connectivity index (χ3v) is 13.9. The number of rotatable bonds is 16. The Morgan fingerprint density at radius 1 is 0.923 bits per heavy atom. The van der Waals surface area contributed by atoms with Crippen LogP contribution >= 0.6 is 21.6 Å². The first-order valence-corrected chi connectivity index (χ1v) is 22.6. The molecule has 3 aromatic rings. The number of hydrogen-bond acceptors (Lipinski definition) is 16. The van der Waals surface area contributed by atoms with E-state index in [4.69, 9.17) is 23.7 Å². The van der Waals surface area contributed by atoms with Gasteiger partial charge in [0.05, 0.1) is 73.5 Å². The van der Waals surface area contributed by atoms with E-state index in [-0.39, 0.29) is 102 Å². The van der Waals surface area contributed by atoms with Crippen molar-refractivity contribution in [3.63, 3.8) is 0 Å². The van der Waals surface area contributed by atoms with Crippen LogP contribution in [0.2, 0.25) is 0 Å². The Morgan fingerprint density at radius 3 is 2.15 bits per heavy atom. The molecule has 0 radical (unpaired) electrons. The van der Waals surface area contributed by atoms with Gasteiger partial charge in [0.25, 0.3) is 23.4 Å². The number of carbonyl (C=O) groups excluding carboxylic acids is 4. The monoisotopic (exact) mass is 934 g/mol. The number of amides is 5. The Kier molecular flexibility index (Phi) is 14.1. The van der Waals surface area contributed by atoms with Gasteiger partial charge in [0.2, 0.25) is 0 Å². The molecule has 0 bridgehead atoms. The summed E-state index contributed by atoms with van der Waals surface area (Å²) < 4.78 is 29.0. The summed E-state index contributed by atoms with van der Waals surface area (Å²) in [5.74, 6) is -0.887. The highest BCUT2D eigenvalue weighted by Crippen LogP contribution is 2.43. The quantitative estimate of drug-likeness (QED) is 0.0554. The van der Waals surface area contributed by atoms with E-state index in [1.165, 1.54) is 86.9 Å². The summed E-state index contributed by atoms with van der Waals surface area (Å²) in [6.45, 7) is 10.1. The maximum absolute atomic E-state index is 14.0. The molecule has 4 aliphatic heterocycles. The first-order valence-electron chi connectivity index (χ1n) is 20.4. The molecule has 5 amide bonds. The van der Waals surface area contributed by atoms with Gasteiger partial charge < -0.3 is 43.7 Å². The van der Waals surface area contributed by atoms with Crippen LogP contribution in [0.25, 0.3) is 0 Å². The molecule has 2 saturated heterocycles. The molecule has 2 fully saturated rings. The van der Waals surface area contributed by atoms with E-state index in [1.54, 1.807) is 0 Å². The lowest BCUT2D eigenvalue weighted by Crippen LogP contribution is -2.46. The van der Waals surface area contributed by atoms with Crippen LogP contribution < -0.4 is 28.7 Å². The van der Waals surface area contributed by atoms with Crippen molar-refractivity contribution in [1.29, 1.82) is 0 Å². The van der Waals surface area contributed by atoms with Gasteiger partial charge >= 0.3 is 12.2 Å². The maximum atomic E-state index is 14.0. The average molecular weight is 935 g/mol. The number of pyridine rings is 1. The molecule has 2 aromatic carbocycles. The molecule has 2 N–H and O–H groups in total. The Hall–Kier alpha value is -6.52. The van der Waals surface area contributed by atoms with E-state index in [1.807, 2.05) is 6.92 Å². The highest BCUT2D eigenvalue weighted by Gasteiger charge is 2.47. The number of fused-ring (bicyclic) bond motifs is 4. The van der Waals surface area contributed by atoms with Crippen LogP contribution in [0.1, 0.15) is 53.3 Å². The van der Waals surface area contributed by atoms with Gasteiger partial charge in [0.15, 0.2) is 23.0 Å². The van der Waals surface area contributed by atoms with Crippen LogP contribution in [0.15, 0.2) is 71.9 Å². The van der Waals surface area contributed by atoms with Gasteiger partial charge in [0.1, 0.15) is 23.9 Å². The number of carbonyl (C=O) groups is 5. The fourth-order valence-corrected chi connectivity index (χ4v) is 9.71. The Bertz CT molecular complexity index is 2440. The zero-order valence-corrected chi connectivity index (χ0v) is 37.3. The number of carboxylic acid groups (broad SMARTS) is 1. The number of aliphatic hydroxyl groups excluding tert-OH is 1. The molecule has 7 rings (SSSR count). The molecule has 4 aliphatic rings. The second kappa shape index (κ2) is 19.7. The normalized spacial score (nSPS) is 19.4. The lowest BCUT2D eigenvalue weighted by atomic mass is 10.1. The number of nitro groups is 1. The van der Waals surface area contributed by atoms with Crippen LogP contribution in [0.5, 0.6) is 23.0 Å². The first-order chi connectivity index (χ1) is 31.1. The number of imide groups is 1. The lowest BCUT2D eigenvalue weighted by Gasteiger charge is -2.27. The second-order valence-electron chi connectivity index (χ2n) is 15.6. The minimum absolute atomic E-state index is 0.0135. The molecular weight excluding hydrogens is 889 g/mol. The molecule has 5 heterocycles. The summed E-state index contributed by atoms with van der Waals surface area (Å²) in [5, 5.41) is 32.3. The van der Waals surface area contributed by atoms with E-state index in [0.717, 1.165) is 6.20 Å². The van der Waals surface area contributed by atoms with E-state index in [9.17, 15) is 44.3 Å². The fourth-order valence-electron chi connectivity index (χ4n) is 7.85. The van der Waals surface area contributed by atoms with Crippen LogP contribution in [-0.4, -0.2) is 137 Å². The summed E-state index contributed by atoms with van der Waals surface area (Å²) in [4.78, 5) is 86.3. The number of unbranched alkanes of at least 4 members (excludes halogenated alkanes) is 2. The number of anilines is 2. The van der Waals surface area contributed by atoms with E-state index >= 15 is 0 Å². The highest BCUT2D eigenvalue weighted by atomic mass is 33.1. The van der Waals surface area contributed by atoms with Gasteiger partial charge in [-0.1, -0.05) is 29.5 Å². The number of benzene rings is 2. The molecule has 0 saturated carbocycles. The van der Waals surface area contributed by atoms with Gasteiger partial charge in [-0.2, -0.15) is 0 Å². The van der Waals surface area contributed by atoms with Gasteiger partial charge in [0, 0.05) is 36.5 Å². The summed E-state index contributed by atoms with van der Waals surface area (Å²) in [7, 11) is 5.43. The number of hydrogen-bond donors (Lipinski definition) is 2. The third-order valence-electron chi connectivity index (χ3n) is 11.1. The minimum atomic E-state index is -1.54. The minimum Gasteiger partial charge on any atom is -0.493 e. The van der Waals surface area contributed by atoms with Crippen LogP contribution in [-0.2, 0) is 9.53 Å². The molecule has 4 atom stereocenters. The predicted octanol–water partition coefficient (Wildman–Crippen LogP) is 5.96. The number of methoxy groups -OCH3 is 2. The number of nitrogens with zero attached hydrogens (tertiary/aromatic N) is 6. The zero-order chi connectivity index (χ0) is 46.7. The van der Waals surface area contributed by atoms with Gasteiger partial charge in [-0.25, -0.2) is 19.5 Å². The second-order valence-corrected chi connectivity index (χ2v) is 18.2. The maximum Gasteiger partial charge on any atom is 0.418 e. The van der Waals surface area contributed by atoms with Crippen molar-refractivity contribution in [2.75, 3.05) is 63.5 Å². The van der Waals surface area contributed by atoms with Crippen molar-refractivity contribution in [2.45, 2.75) is 61.1 Å². The van der Waals surface area contributed by atoms with Crippen molar-refractivity contribution in [2.24, 2.45) is 0 Å². The SMILES string of the molecule is C=C1C[C@H]2C(=O)N(C(=O)O)c3cc(OCCCCCOc4cc5c(cc4OC)C(=O)N4CC(=C)[C@@H](O)[C@@H]4CN5C(=O)OC[C@@H](C)SSc4ccc([N+](=O)[O-])cn4)c(OC)cc3C(=O)N2C1. The van der Waals surface area contributed by atoms with Crippen LogP contribution in [0.4, 0.5) is 26.7 Å². The summed E-state index contributed by atoms with van der Waals surface area (Å²) in [5.41, 5.74) is 1.15. The average Bonchev–Trinajstić information content (AvgIpc) is 3.76. The smallest absolute Gasteiger partial charge is 0.418 e. The largest absolute Gasteiger partial charge is 0.493 e. The van der Waals surface area contributed by atoms with Crippen LogP contribution in [0, 0.1) is 10.1 Å². The molecular formula is C43H46N6O14S2. The fraction of sp³-hybridized carbons (Fsp3) is 0.395. The Morgan fingerprint density at radius 2 is 1.55 bits per heavy atom. The van der Waals surface area contributed by atoms with E-state index < -0.39 is 53.0 Å².